The Morgan fingerprint density at radius 3 is 2.64 bits per heavy atom. The Labute approximate surface area is 68.0 Å². The molecule has 1 radical (unpaired) electrons. The Morgan fingerprint density at radius 1 is 1.36 bits per heavy atom. The molecule has 0 aliphatic heterocycles. The van der Waals surface area contributed by atoms with Crippen molar-refractivity contribution in [3.05, 3.63) is 36.4 Å². The minimum absolute atomic E-state index is 1.05. The number of hydrogen-bond donors (Lipinski definition) is 0. The third kappa shape index (κ3) is 1.84. The number of hydrogen-bond acceptors (Lipinski definition) is 1. The van der Waals surface area contributed by atoms with Gasteiger partial charge in [0.15, 0.2) is 0 Å². The fourth-order valence-electron chi connectivity index (χ4n) is 0.907. The summed E-state index contributed by atoms with van der Waals surface area (Å²) in [6, 6.07) is 8.06. The monoisotopic (exact) mass is 146 g/mol. The van der Waals surface area contributed by atoms with E-state index >= 15 is 0 Å². The van der Waals surface area contributed by atoms with E-state index in [1.165, 1.54) is 5.69 Å². The molecule has 0 atom stereocenters. The molecule has 1 heteroatoms. The lowest BCUT2D eigenvalue weighted by Gasteiger charge is -2.12. The Kier molecular flexibility index (Phi) is 2.32. The van der Waals surface area contributed by atoms with Crippen molar-refractivity contribution in [1.29, 1.82) is 0 Å². The van der Waals surface area contributed by atoms with Gasteiger partial charge in [-0.1, -0.05) is 24.8 Å². The van der Waals surface area contributed by atoms with Crippen molar-refractivity contribution in [2.24, 2.45) is 0 Å². The van der Waals surface area contributed by atoms with Crippen molar-refractivity contribution in [3.63, 3.8) is 0 Å². The molecule has 57 valence electrons. The van der Waals surface area contributed by atoms with Crippen LogP contribution < -0.4 is 4.90 Å². The number of benzene rings is 1. The lowest BCUT2D eigenvalue weighted by molar-refractivity contribution is 1.13. The zero-order valence-electron chi connectivity index (χ0n) is 6.91. The Hall–Kier alpha value is -1.24. The maximum atomic E-state index is 5.38. The quantitative estimate of drug-likeness (QED) is 0.618. The standard InChI is InChI=1S/C10H12N/c1-4-9-6-5-7-10(8-9)11(2)3/h1,4-8H,2-3H3. The van der Waals surface area contributed by atoms with Crippen LogP contribution in [-0.2, 0) is 0 Å². The summed E-state index contributed by atoms with van der Waals surface area (Å²) in [5, 5.41) is 0. The third-order valence-electron chi connectivity index (χ3n) is 1.58. The first-order valence-electron chi connectivity index (χ1n) is 3.56. The Morgan fingerprint density at radius 2 is 2.09 bits per heavy atom. The molecule has 0 N–H and O–H groups in total. The normalized spacial score (nSPS) is 9.27. The van der Waals surface area contributed by atoms with E-state index < -0.39 is 0 Å². The molecule has 0 saturated carbocycles. The van der Waals surface area contributed by atoms with Gasteiger partial charge in [-0.05, 0) is 17.7 Å². The van der Waals surface area contributed by atoms with Crippen LogP contribution in [0.3, 0.4) is 0 Å². The molecule has 1 aromatic carbocycles. The molecule has 11 heavy (non-hydrogen) atoms. The van der Waals surface area contributed by atoms with Crippen LogP contribution in [0.2, 0.25) is 0 Å². The molecule has 1 nitrogen and oxygen atoms in total. The highest BCUT2D eigenvalue weighted by Gasteiger charge is 1.93. The highest BCUT2D eigenvalue weighted by molar-refractivity contribution is 5.56. The zero-order chi connectivity index (χ0) is 8.27. The molecule has 0 heterocycles. The first kappa shape index (κ1) is 7.86. The highest BCUT2D eigenvalue weighted by Crippen LogP contribution is 2.13. The molecule has 0 aliphatic carbocycles. The molecule has 1 rings (SSSR count). The van der Waals surface area contributed by atoms with Crippen LogP contribution in [0, 0.1) is 6.58 Å². The predicted molar refractivity (Wildman–Crippen MR) is 49.5 cm³/mol. The lowest BCUT2D eigenvalue weighted by Crippen LogP contribution is -2.08. The smallest absolute Gasteiger partial charge is 0.0367 e. The van der Waals surface area contributed by atoms with Crippen molar-refractivity contribution in [1.82, 2.24) is 0 Å². The summed E-state index contributed by atoms with van der Waals surface area (Å²) in [6.07, 6.45) is 1.60. The van der Waals surface area contributed by atoms with Crippen molar-refractivity contribution in [3.8, 4) is 0 Å². The van der Waals surface area contributed by atoms with Gasteiger partial charge in [0.2, 0.25) is 0 Å². The molecule has 0 aromatic heterocycles. The predicted octanol–water partition coefficient (Wildman–Crippen LogP) is 2.20. The van der Waals surface area contributed by atoms with Crippen LogP contribution in [0.4, 0.5) is 5.69 Å². The molecular weight excluding hydrogens is 134 g/mol. The van der Waals surface area contributed by atoms with Gasteiger partial charge in [-0.2, -0.15) is 0 Å². The fraction of sp³-hybridized carbons (Fsp3) is 0.200. The SMILES string of the molecule is [CH]=Cc1cccc(N(C)C)c1. The maximum absolute atomic E-state index is 5.38. The first-order valence-corrected chi connectivity index (χ1v) is 3.56. The minimum Gasteiger partial charge on any atom is -0.378 e. The van der Waals surface area contributed by atoms with Gasteiger partial charge in [-0.15, -0.1) is 0 Å². The van der Waals surface area contributed by atoms with E-state index in [1.54, 1.807) is 6.08 Å². The van der Waals surface area contributed by atoms with Gasteiger partial charge in [0.05, 0.1) is 0 Å². The van der Waals surface area contributed by atoms with E-state index in [0.29, 0.717) is 0 Å². The van der Waals surface area contributed by atoms with Crippen LogP contribution in [0.1, 0.15) is 5.56 Å². The largest absolute Gasteiger partial charge is 0.378 e. The summed E-state index contributed by atoms with van der Waals surface area (Å²) >= 11 is 0. The van der Waals surface area contributed by atoms with Gasteiger partial charge >= 0.3 is 0 Å². The topological polar surface area (TPSA) is 3.24 Å². The molecule has 1 aromatic rings. The zero-order valence-corrected chi connectivity index (χ0v) is 6.91. The third-order valence-corrected chi connectivity index (χ3v) is 1.58. The van der Waals surface area contributed by atoms with E-state index in [9.17, 15) is 0 Å². The summed E-state index contributed by atoms with van der Waals surface area (Å²) in [5.74, 6) is 0. The van der Waals surface area contributed by atoms with Crippen molar-refractivity contribution >= 4 is 11.8 Å². The van der Waals surface area contributed by atoms with E-state index in [0.717, 1.165) is 5.56 Å². The van der Waals surface area contributed by atoms with Crippen LogP contribution in [0.5, 0.6) is 0 Å². The van der Waals surface area contributed by atoms with E-state index in [1.807, 2.05) is 43.3 Å². The first-order chi connectivity index (χ1) is 5.24. The minimum atomic E-state index is 1.05. The highest BCUT2D eigenvalue weighted by atomic mass is 15.1. The number of nitrogens with zero attached hydrogens (tertiary/aromatic N) is 1. The van der Waals surface area contributed by atoms with Crippen molar-refractivity contribution in [2.45, 2.75) is 0 Å². The summed E-state index contributed by atoms with van der Waals surface area (Å²) in [6.45, 7) is 5.38. The van der Waals surface area contributed by atoms with E-state index in [2.05, 4.69) is 0 Å². The summed E-state index contributed by atoms with van der Waals surface area (Å²) in [4.78, 5) is 2.05. The molecule has 0 amide bonds. The second kappa shape index (κ2) is 3.24. The van der Waals surface area contributed by atoms with Crippen LogP contribution in [0.25, 0.3) is 6.08 Å². The van der Waals surface area contributed by atoms with Gasteiger partial charge in [0.25, 0.3) is 0 Å². The van der Waals surface area contributed by atoms with Crippen LogP contribution in [0.15, 0.2) is 24.3 Å². The lowest BCUT2D eigenvalue weighted by atomic mass is 10.2. The van der Waals surface area contributed by atoms with Crippen LogP contribution in [-0.4, -0.2) is 14.1 Å². The molecule has 0 unspecified atom stereocenters. The molecule has 0 saturated heterocycles. The molecule has 0 bridgehead atoms. The fourth-order valence-corrected chi connectivity index (χ4v) is 0.907. The van der Waals surface area contributed by atoms with E-state index in [-0.39, 0.29) is 0 Å². The van der Waals surface area contributed by atoms with Crippen molar-refractivity contribution < 1.29 is 0 Å². The summed E-state index contributed by atoms with van der Waals surface area (Å²) < 4.78 is 0. The summed E-state index contributed by atoms with van der Waals surface area (Å²) in [5.41, 5.74) is 2.22. The maximum Gasteiger partial charge on any atom is 0.0367 e. The van der Waals surface area contributed by atoms with Gasteiger partial charge in [-0.3, -0.25) is 0 Å². The second-order valence-corrected chi connectivity index (χ2v) is 2.66. The van der Waals surface area contributed by atoms with Gasteiger partial charge < -0.3 is 4.90 Å². The molecule has 0 spiro atoms. The molecular formula is C10H12N. The average Bonchev–Trinajstić information content (AvgIpc) is 2.05. The molecule has 0 aliphatic rings. The average molecular weight is 146 g/mol. The van der Waals surface area contributed by atoms with Crippen LogP contribution >= 0.6 is 0 Å². The van der Waals surface area contributed by atoms with Gasteiger partial charge in [0, 0.05) is 19.8 Å². The van der Waals surface area contributed by atoms with Crippen molar-refractivity contribution in [2.75, 3.05) is 19.0 Å². The van der Waals surface area contributed by atoms with Gasteiger partial charge in [0.1, 0.15) is 0 Å². The Bertz CT molecular complexity index is 251. The number of rotatable bonds is 2. The molecule has 0 fully saturated rings. The van der Waals surface area contributed by atoms with Gasteiger partial charge in [-0.25, -0.2) is 0 Å². The Balaban J connectivity index is 3.00. The number of anilines is 1. The summed E-state index contributed by atoms with van der Waals surface area (Å²) in [7, 11) is 4.02. The van der Waals surface area contributed by atoms with E-state index in [4.69, 9.17) is 6.58 Å². The second-order valence-electron chi connectivity index (χ2n) is 2.66.